The van der Waals surface area contributed by atoms with Crippen molar-refractivity contribution in [1.29, 1.82) is 0 Å². The summed E-state index contributed by atoms with van der Waals surface area (Å²) in [6.07, 6.45) is 4.59. The van der Waals surface area contributed by atoms with Crippen LogP contribution in [0.15, 0.2) is 114 Å². The Morgan fingerprint density at radius 1 is 0.804 bits per heavy atom. The molecule has 4 aromatic rings. The summed E-state index contributed by atoms with van der Waals surface area (Å²) in [6, 6.07) is 28.6. The molecule has 0 radical (unpaired) electrons. The van der Waals surface area contributed by atoms with E-state index in [0.717, 1.165) is 46.0 Å². The number of benzene rings is 4. The van der Waals surface area contributed by atoms with Crippen LogP contribution in [0, 0.1) is 0 Å². The van der Waals surface area contributed by atoms with Gasteiger partial charge in [-0.1, -0.05) is 61.2 Å². The van der Waals surface area contributed by atoms with E-state index in [1.54, 1.807) is 50.8 Å². The number of hydrogen-bond acceptors (Lipinski definition) is 10. The Morgan fingerprint density at radius 2 is 1.49 bits per heavy atom. The molecule has 0 aromatic heterocycles. The van der Waals surface area contributed by atoms with Crippen molar-refractivity contribution in [1.82, 2.24) is 0 Å². The number of carbonyl (C=O) groups is 2. The SMILES string of the molecule is C=CC(=O)OCCCCOCC(COc1ccc(C(=O)Oc2ccc(CCOC)cc2/C=N/N=C2c3ccccc3-c3ccccc32)cc1)OC. The van der Waals surface area contributed by atoms with E-state index in [2.05, 4.69) is 28.9 Å². The van der Waals surface area contributed by atoms with Gasteiger partial charge < -0.3 is 28.4 Å². The Hall–Kier alpha value is -5.42. The fourth-order valence-electron chi connectivity index (χ4n) is 5.39. The van der Waals surface area contributed by atoms with Crippen molar-refractivity contribution in [3.05, 3.63) is 131 Å². The van der Waals surface area contributed by atoms with Crippen LogP contribution in [0.25, 0.3) is 11.1 Å². The first-order valence-corrected chi connectivity index (χ1v) is 16.8. The monoisotopic (exact) mass is 690 g/mol. The first-order valence-electron chi connectivity index (χ1n) is 16.8. The topological polar surface area (TPSA) is 114 Å². The fraction of sp³-hybridized carbons (Fsp3) is 0.268. The number of carbonyl (C=O) groups excluding carboxylic acids is 2. The number of nitrogens with zero attached hydrogens (tertiary/aromatic N) is 2. The fourth-order valence-corrected chi connectivity index (χ4v) is 5.39. The van der Waals surface area contributed by atoms with Crippen LogP contribution >= 0.6 is 0 Å². The molecule has 0 amide bonds. The second kappa shape index (κ2) is 19.1. The van der Waals surface area contributed by atoms with E-state index in [-0.39, 0.29) is 12.7 Å². The van der Waals surface area contributed by atoms with E-state index in [1.807, 2.05) is 48.5 Å². The third-order valence-corrected chi connectivity index (χ3v) is 8.14. The van der Waals surface area contributed by atoms with Crippen molar-refractivity contribution in [2.24, 2.45) is 10.2 Å². The number of methoxy groups -OCH3 is 2. The van der Waals surface area contributed by atoms with E-state index in [9.17, 15) is 9.59 Å². The third-order valence-electron chi connectivity index (χ3n) is 8.14. The average Bonchev–Trinajstić information content (AvgIpc) is 3.49. The van der Waals surface area contributed by atoms with Gasteiger partial charge in [-0.25, -0.2) is 9.59 Å². The van der Waals surface area contributed by atoms with E-state index < -0.39 is 11.9 Å². The third kappa shape index (κ3) is 10.3. The van der Waals surface area contributed by atoms with Gasteiger partial charge in [-0.15, -0.1) is 5.10 Å². The molecule has 0 fully saturated rings. The van der Waals surface area contributed by atoms with Crippen LogP contribution < -0.4 is 9.47 Å². The maximum atomic E-state index is 13.2. The molecular formula is C41H42N2O8. The molecule has 0 aliphatic heterocycles. The molecule has 0 heterocycles. The second-order valence-corrected chi connectivity index (χ2v) is 11.6. The zero-order valence-corrected chi connectivity index (χ0v) is 28.9. The highest BCUT2D eigenvalue weighted by atomic mass is 16.6. The zero-order chi connectivity index (χ0) is 35.8. The molecule has 0 bridgehead atoms. The van der Waals surface area contributed by atoms with Gasteiger partial charge in [0.05, 0.1) is 31.6 Å². The Kier molecular flexibility index (Phi) is 13.8. The van der Waals surface area contributed by atoms with Crippen molar-refractivity contribution >= 4 is 23.9 Å². The molecule has 0 saturated carbocycles. The van der Waals surface area contributed by atoms with Gasteiger partial charge in [0, 0.05) is 43.6 Å². The van der Waals surface area contributed by atoms with Crippen molar-refractivity contribution in [3.63, 3.8) is 0 Å². The lowest BCUT2D eigenvalue weighted by Gasteiger charge is -2.16. The lowest BCUT2D eigenvalue weighted by molar-refractivity contribution is -0.137. The van der Waals surface area contributed by atoms with Gasteiger partial charge in [-0.2, -0.15) is 5.10 Å². The molecule has 264 valence electrons. The van der Waals surface area contributed by atoms with Gasteiger partial charge in [0.1, 0.15) is 29.9 Å². The molecule has 0 saturated heterocycles. The highest BCUT2D eigenvalue weighted by Crippen LogP contribution is 2.36. The summed E-state index contributed by atoms with van der Waals surface area (Å²) >= 11 is 0. The average molecular weight is 691 g/mol. The summed E-state index contributed by atoms with van der Waals surface area (Å²) < 4.78 is 33.1. The van der Waals surface area contributed by atoms with Crippen LogP contribution in [0.2, 0.25) is 0 Å². The number of ether oxygens (including phenoxy) is 6. The Balaban J connectivity index is 1.19. The van der Waals surface area contributed by atoms with Gasteiger partial charge in [-0.3, -0.25) is 0 Å². The predicted molar refractivity (Wildman–Crippen MR) is 196 cm³/mol. The van der Waals surface area contributed by atoms with Crippen LogP contribution in [-0.4, -0.2) is 77.2 Å². The molecule has 5 rings (SSSR count). The summed E-state index contributed by atoms with van der Waals surface area (Å²) in [6.45, 7) is 5.35. The molecule has 1 aliphatic carbocycles. The van der Waals surface area contributed by atoms with Crippen LogP contribution in [0.1, 0.15) is 45.5 Å². The van der Waals surface area contributed by atoms with Crippen molar-refractivity contribution in [2.75, 3.05) is 47.3 Å². The quantitative estimate of drug-likeness (QED) is 0.0231. The second-order valence-electron chi connectivity index (χ2n) is 11.6. The van der Waals surface area contributed by atoms with Gasteiger partial charge >= 0.3 is 11.9 Å². The molecule has 1 unspecified atom stereocenters. The standard InChI is InChI=1S/C41H42N2O8/c1-4-39(44)49-23-10-9-22-48-27-33(47-3)28-50-32-18-16-30(17-19-32)41(45)51-38-20-15-29(21-24-46-2)25-31(38)26-42-43-40-36-13-7-5-11-34(36)35-12-6-8-14-37(35)40/h4-8,11-20,25-26,33H,1,9-10,21-24,27-28H2,2-3H3/b42-26+. The van der Waals surface area contributed by atoms with Crippen LogP contribution in [-0.2, 0) is 30.2 Å². The van der Waals surface area contributed by atoms with Crippen molar-refractivity contribution < 1.29 is 38.0 Å². The molecule has 1 atom stereocenters. The summed E-state index contributed by atoms with van der Waals surface area (Å²) in [7, 11) is 3.25. The minimum Gasteiger partial charge on any atom is -0.491 e. The largest absolute Gasteiger partial charge is 0.491 e. The summed E-state index contributed by atoms with van der Waals surface area (Å²) in [5.41, 5.74) is 7.06. The summed E-state index contributed by atoms with van der Waals surface area (Å²) in [5, 5.41) is 9.10. The molecular weight excluding hydrogens is 648 g/mol. The maximum Gasteiger partial charge on any atom is 0.343 e. The minimum absolute atomic E-state index is 0.261. The van der Waals surface area contributed by atoms with Gasteiger partial charge in [0.25, 0.3) is 0 Å². The first kappa shape index (κ1) is 36.9. The molecule has 10 heteroatoms. The maximum absolute atomic E-state index is 13.2. The van der Waals surface area contributed by atoms with Gasteiger partial charge in [0.2, 0.25) is 0 Å². The van der Waals surface area contributed by atoms with Crippen molar-refractivity contribution in [2.45, 2.75) is 25.4 Å². The lowest BCUT2D eigenvalue weighted by atomic mass is 10.1. The van der Waals surface area contributed by atoms with E-state index in [4.69, 9.17) is 28.4 Å². The summed E-state index contributed by atoms with van der Waals surface area (Å²) in [5.74, 6) is -0.0190. The minimum atomic E-state index is -0.520. The van der Waals surface area contributed by atoms with E-state index >= 15 is 0 Å². The number of esters is 2. The smallest absolute Gasteiger partial charge is 0.343 e. The van der Waals surface area contributed by atoms with Crippen LogP contribution in [0.3, 0.4) is 0 Å². The highest BCUT2D eigenvalue weighted by Gasteiger charge is 2.24. The summed E-state index contributed by atoms with van der Waals surface area (Å²) in [4.78, 5) is 24.3. The van der Waals surface area contributed by atoms with E-state index in [1.165, 1.54) is 0 Å². The molecule has 1 aliphatic rings. The molecule has 10 nitrogen and oxygen atoms in total. The Bertz CT molecular complexity index is 1800. The molecule has 0 spiro atoms. The number of hydrogen-bond donors (Lipinski definition) is 0. The zero-order valence-electron chi connectivity index (χ0n) is 28.9. The van der Waals surface area contributed by atoms with Crippen LogP contribution in [0.5, 0.6) is 11.5 Å². The Morgan fingerprint density at radius 3 is 2.16 bits per heavy atom. The van der Waals surface area contributed by atoms with Crippen molar-refractivity contribution in [3.8, 4) is 22.6 Å². The number of rotatable bonds is 19. The van der Waals surface area contributed by atoms with Gasteiger partial charge in [0.15, 0.2) is 0 Å². The predicted octanol–water partition coefficient (Wildman–Crippen LogP) is 6.87. The number of fused-ring (bicyclic) bond motifs is 3. The van der Waals surface area contributed by atoms with Crippen LogP contribution in [0.4, 0.5) is 0 Å². The highest BCUT2D eigenvalue weighted by molar-refractivity contribution is 6.24. The molecule has 51 heavy (non-hydrogen) atoms. The Labute approximate surface area is 298 Å². The first-order chi connectivity index (χ1) is 25.0. The molecule has 0 N–H and O–H groups in total. The number of unbranched alkanes of at least 4 members (excludes halogenated alkanes) is 1. The van der Waals surface area contributed by atoms with Gasteiger partial charge in [-0.05, 0) is 72.4 Å². The normalized spacial score (nSPS) is 12.2. The molecule has 4 aromatic carbocycles. The van der Waals surface area contributed by atoms with E-state index in [0.29, 0.717) is 61.9 Å². The lowest BCUT2D eigenvalue weighted by Crippen LogP contribution is -2.26.